The standard InChI is InChI=1S/C11H17F2NO4/c12-11(13)4-1-7(2-5-11)9(16)14-8(3-6-15)10(17)18/h7-8,15H,1-6H2,(H,14,16)(H,17,18)/t8-/m1/s1. The second-order valence-electron chi connectivity index (χ2n) is 4.54. The van der Waals surface area contributed by atoms with Crippen LogP contribution in [-0.2, 0) is 9.59 Å². The van der Waals surface area contributed by atoms with Gasteiger partial charge in [0.25, 0.3) is 0 Å². The molecule has 18 heavy (non-hydrogen) atoms. The number of amides is 1. The lowest BCUT2D eigenvalue weighted by atomic mass is 9.86. The molecule has 1 aliphatic carbocycles. The number of hydrogen-bond donors (Lipinski definition) is 3. The summed E-state index contributed by atoms with van der Waals surface area (Å²) in [5.74, 6) is -5.04. The molecule has 0 aromatic carbocycles. The van der Waals surface area contributed by atoms with Gasteiger partial charge in [0.2, 0.25) is 11.8 Å². The van der Waals surface area contributed by atoms with Crippen molar-refractivity contribution in [2.75, 3.05) is 6.61 Å². The van der Waals surface area contributed by atoms with Crippen molar-refractivity contribution < 1.29 is 28.6 Å². The van der Waals surface area contributed by atoms with Gasteiger partial charge in [0.1, 0.15) is 6.04 Å². The minimum Gasteiger partial charge on any atom is -0.480 e. The molecule has 3 N–H and O–H groups in total. The van der Waals surface area contributed by atoms with E-state index in [0.717, 1.165) is 0 Å². The fourth-order valence-corrected chi connectivity index (χ4v) is 1.98. The van der Waals surface area contributed by atoms with Crippen LogP contribution in [0.15, 0.2) is 0 Å². The number of carboxylic acids is 1. The predicted molar refractivity (Wildman–Crippen MR) is 58.2 cm³/mol. The van der Waals surface area contributed by atoms with E-state index in [1.807, 2.05) is 0 Å². The zero-order valence-electron chi connectivity index (χ0n) is 9.86. The molecule has 0 bridgehead atoms. The molecule has 0 saturated heterocycles. The van der Waals surface area contributed by atoms with Crippen LogP contribution >= 0.6 is 0 Å². The Kier molecular flexibility index (Phi) is 5.01. The summed E-state index contributed by atoms with van der Waals surface area (Å²) in [7, 11) is 0. The van der Waals surface area contributed by atoms with Crippen molar-refractivity contribution in [3.05, 3.63) is 0 Å². The van der Waals surface area contributed by atoms with E-state index < -0.39 is 29.8 Å². The number of alkyl halides is 2. The lowest BCUT2D eigenvalue weighted by molar-refractivity contribution is -0.143. The molecule has 0 aromatic rings. The number of hydrogen-bond acceptors (Lipinski definition) is 3. The lowest BCUT2D eigenvalue weighted by Gasteiger charge is -2.28. The van der Waals surface area contributed by atoms with Crippen LogP contribution < -0.4 is 5.32 Å². The third-order valence-corrected chi connectivity index (χ3v) is 3.12. The van der Waals surface area contributed by atoms with Crippen molar-refractivity contribution in [3.63, 3.8) is 0 Å². The highest BCUT2D eigenvalue weighted by Gasteiger charge is 2.38. The first-order valence-electron chi connectivity index (χ1n) is 5.87. The van der Waals surface area contributed by atoms with Crippen LogP contribution in [0.25, 0.3) is 0 Å². The van der Waals surface area contributed by atoms with Crippen LogP contribution in [0, 0.1) is 5.92 Å². The van der Waals surface area contributed by atoms with Crippen LogP contribution in [0.4, 0.5) is 8.78 Å². The molecule has 1 amide bonds. The van der Waals surface area contributed by atoms with Crippen molar-refractivity contribution in [2.45, 2.75) is 44.1 Å². The number of rotatable bonds is 5. The Bertz CT molecular complexity index is 312. The van der Waals surface area contributed by atoms with Gasteiger partial charge < -0.3 is 15.5 Å². The number of aliphatic hydroxyl groups is 1. The average Bonchev–Trinajstić information content (AvgIpc) is 2.28. The van der Waals surface area contributed by atoms with Gasteiger partial charge >= 0.3 is 5.97 Å². The molecule has 0 spiro atoms. The molecule has 1 rings (SSSR count). The minimum atomic E-state index is -2.71. The van der Waals surface area contributed by atoms with Crippen LogP contribution in [0.1, 0.15) is 32.1 Å². The molecule has 1 aliphatic rings. The second kappa shape index (κ2) is 6.08. The molecule has 104 valence electrons. The monoisotopic (exact) mass is 265 g/mol. The molecule has 0 heterocycles. The normalized spacial score (nSPS) is 21.3. The Morgan fingerprint density at radius 3 is 2.33 bits per heavy atom. The molecule has 1 saturated carbocycles. The summed E-state index contributed by atoms with van der Waals surface area (Å²) >= 11 is 0. The topological polar surface area (TPSA) is 86.6 Å². The lowest BCUT2D eigenvalue weighted by Crippen LogP contribution is -2.45. The van der Waals surface area contributed by atoms with E-state index >= 15 is 0 Å². The van der Waals surface area contributed by atoms with Gasteiger partial charge in [-0.2, -0.15) is 0 Å². The van der Waals surface area contributed by atoms with Crippen molar-refractivity contribution >= 4 is 11.9 Å². The van der Waals surface area contributed by atoms with Crippen molar-refractivity contribution in [1.29, 1.82) is 0 Å². The van der Waals surface area contributed by atoms with Crippen molar-refractivity contribution in [2.24, 2.45) is 5.92 Å². The Morgan fingerprint density at radius 1 is 1.33 bits per heavy atom. The molecule has 1 fully saturated rings. The highest BCUT2D eigenvalue weighted by atomic mass is 19.3. The van der Waals surface area contributed by atoms with Crippen LogP contribution in [0.3, 0.4) is 0 Å². The number of carbonyl (C=O) groups is 2. The molecule has 0 unspecified atom stereocenters. The summed E-state index contributed by atoms with van der Waals surface area (Å²) in [6.07, 6.45) is -0.663. The Morgan fingerprint density at radius 2 is 1.89 bits per heavy atom. The molecule has 1 atom stereocenters. The first-order chi connectivity index (χ1) is 8.35. The van der Waals surface area contributed by atoms with Crippen molar-refractivity contribution in [3.8, 4) is 0 Å². The summed E-state index contributed by atoms with van der Waals surface area (Å²) in [6, 6.07) is -1.16. The maximum absolute atomic E-state index is 12.9. The molecule has 0 radical (unpaired) electrons. The van der Waals surface area contributed by atoms with Crippen LogP contribution in [-0.4, -0.2) is 40.7 Å². The first-order valence-corrected chi connectivity index (χ1v) is 5.87. The van der Waals surface area contributed by atoms with Gasteiger partial charge in [-0.25, -0.2) is 13.6 Å². The fourth-order valence-electron chi connectivity index (χ4n) is 1.98. The average molecular weight is 265 g/mol. The Labute approximate surface area is 103 Å². The van der Waals surface area contributed by atoms with Crippen molar-refractivity contribution in [1.82, 2.24) is 5.32 Å². The fraction of sp³-hybridized carbons (Fsp3) is 0.818. The second-order valence-corrected chi connectivity index (χ2v) is 4.54. The zero-order valence-corrected chi connectivity index (χ0v) is 9.86. The summed E-state index contributed by atoms with van der Waals surface area (Å²) in [5, 5.41) is 19.7. The van der Waals surface area contributed by atoms with Gasteiger partial charge in [-0.05, 0) is 12.8 Å². The van der Waals surface area contributed by atoms with Gasteiger partial charge in [0.05, 0.1) is 0 Å². The molecule has 0 aliphatic heterocycles. The van der Waals surface area contributed by atoms with E-state index in [1.165, 1.54) is 0 Å². The Hall–Kier alpha value is -1.24. The van der Waals surface area contributed by atoms with Crippen LogP contribution in [0.2, 0.25) is 0 Å². The van der Waals surface area contributed by atoms with E-state index in [0.29, 0.717) is 0 Å². The van der Waals surface area contributed by atoms with E-state index in [4.69, 9.17) is 10.2 Å². The molecule has 5 nitrogen and oxygen atoms in total. The number of aliphatic hydroxyl groups excluding tert-OH is 1. The largest absolute Gasteiger partial charge is 0.480 e. The van der Waals surface area contributed by atoms with Gasteiger partial charge in [0.15, 0.2) is 0 Å². The maximum Gasteiger partial charge on any atom is 0.326 e. The van der Waals surface area contributed by atoms with Gasteiger partial charge in [-0.15, -0.1) is 0 Å². The van der Waals surface area contributed by atoms with Gasteiger partial charge in [-0.1, -0.05) is 0 Å². The van der Waals surface area contributed by atoms with E-state index in [9.17, 15) is 18.4 Å². The third-order valence-electron chi connectivity index (χ3n) is 3.12. The molecule has 7 heteroatoms. The SMILES string of the molecule is O=C(N[C@H](CCO)C(=O)O)C1CCC(F)(F)CC1. The number of carbonyl (C=O) groups excluding carboxylic acids is 1. The minimum absolute atomic E-state index is 0.0598. The summed E-state index contributed by atoms with van der Waals surface area (Å²) in [5.41, 5.74) is 0. The number of halogens is 2. The smallest absolute Gasteiger partial charge is 0.326 e. The first kappa shape index (κ1) is 14.8. The number of aliphatic carboxylic acids is 1. The van der Waals surface area contributed by atoms with E-state index in [-0.39, 0.29) is 38.7 Å². The molecule has 0 aromatic heterocycles. The third kappa shape index (κ3) is 4.21. The number of nitrogens with one attached hydrogen (secondary N) is 1. The summed E-state index contributed by atoms with van der Waals surface area (Å²) in [4.78, 5) is 22.5. The quantitative estimate of drug-likeness (QED) is 0.685. The van der Waals surface area contributed by atoms with E-state index in [1.54, 1.807) is 0 Å². The highest BCUT2D eigenvalue weighted by Crippen LogP contribution is 2.36. The summed E-state index contributed by atoms with van der Waals surface area (Å²) in [6.45, 7) is -0.361. The zero-order chi connectivity index (χ0) is 13.8. The number of carboxylic acid groups (broad SMARTS) is 1. The predicted octanol–water partition coefficient (Wildman–Crippen LogP) is 0.764. The van der Waals surface area contributed by atoms with Crippen LogP contribution in [0.5, 0.6) is 0 Å². The van der Waals surface area contributed by atoms with Gasteiger partial charge in [-0.3, -0.25) is 4.79 Å². The molecular formula is C11H17F2NO4. The van der Waals surface area contributed by atoms with Gasteiger partial charge in [0, 0.05) is 31.8 Å². The molecular weight excluding hydrogens is 248 g/mol. The Balaban J connectivity index is 2.47. The summed E-state index contributed by atoms with van der Waals surface area (Å²) < 4.78 is 25.8. The highest BCUT2D eigenvalue weighted by molar-refractivity contribution is 5.85. The maximum atomic E-state index is 12.9. The van der Waals surface area contributed by atoms with E-state index in [2.05, 4.69) is 5.32 Å².